The van der Waals surface area contributed by atoms with Gasteiger partial charge in [0, 0.05) is 18.1 Å². The van der Waals surface area contributed by atoms with Crippen molar-refractivity contribution in [1.29, 1.82) is 0 Å². The van der Waals surface area contributed by atoms with E-state index < -0.39 is 11.7 Å². The monoisotopic (exact) mass is 313 g/mol. The third-order valence-electron chi connectivity index (χ3n) is 2.83. The fraction of sp³-hybridized carbons (Fsp3) is 0.444. The Hall–Kier alpha value is -1.71. The quantitative estimate of drug-likeness (QED) is 0.595. The fourth-order valence-corrected chi connectivity index (χ4v) is 1.79. The third-order valence-corrected chi connectivity index (χ3v) is 2.83. The lowest BCUT2D eigenvalue weighted by atomic mass is 9.99. The summed E-state index contributed by atoms with van der Waals surface area (Å²) in [6.07, 6.45) is -1.09. The second-order valence-corrected chi connectivity index (χ2v) is 5.26. The summed E-state index contributed by atoms with van der Waals surface area (Å²) in [5, 5.41) is 0. The number of rotatable bonds is 4. The van der Waals surface area contributed by atoms with Crippen LogP contribution in [0, 0.1) is 0 Å². The van der Waals surface area contributed by atoms with E-state index in [0.717, 1.165) is 11.6 Å². The van der Waals surface area contributed by atoms with Gasteiger partial charge in [0.05, 0.1) is 5.56 Å². The van der Waals surface area contributed by atoms with E-state index in [9.17, 15) is 13.2 Å². The molecule has 0 saturated heterocycles. The molecule has 0 aliphatic rings. The number of anilines is 1. The van der Waals surface area contributed by atoms with E-state index in [4.69, 9.17) is 0 Å². The van der Waals surface area contributed by atoms with Crippen LogP contribution in [0.15, 0.2) is 42.8 Å². The summed E-state index contributed by atoms with van der Waals surface area (Å²) >= 11 is 0. The van der Waals surface area contributed by atoms with E-state index in [-0.39, 0.29) is 5.92 Å². The molecule has 1 nitrogen and oxygen atoms in total. The molecule has 1 aromatic carbocycles. The predicted molar refractivity (Wildman–Crippen MR) is 89.0 cm³/mol. The maximum Gasteiger partial charge on any atom is 0.416 e. The predicted octanol–water partition coefficient (Wildman–Crippen LogP) is 6.73. The first-order valence-corrected chi connectivity index (χ1v) is 7.43. The van der Waals surface area contributed by atoms with Gasteiger partial charge in [-0.05, 0) is 43.5 Å². The first-order valence-electron chi connectivity index (χ1n) is 7.43. The molecule has 0 bridgehead atoms. The van der Waals surface area contributed by atoms with Crippen LogP contribution in [0.5, 0.6) is 0 Å². The normalized spacial score (nSPS) is 10.6. The van der Waals surface area contributed by atoms with Gasteiger partial charge in [-0.25, -0.2) is 0 Å². The van der Waals surface area contributed by atoms with Gasteiger partial charge in [0.2, 0.25) is 0 Å². The SMILES string of the molecule is C=CN(C=C(C)C)c1cc(C(C)C)cc(C(F)(F)F)c1.CC. The summed E-state index contributed by atoms with van der Waals surface area (Å²) in [5.41, 5.74) is 1.48. The van der Waals surface area contributed by atoms with Crippen LogP contribution in [0.2, 0.25) is 0 Å². The zero-order valence-electron chi connectivity index (χ0n) is 14.3. The zero-order chi connectivity index (χ0) is 17.5. The van der Waals surface area contributed by atoms with Crippen molar-refractivity contribution in [1.82, 2.24) is 0 Å². The highest BCUT2D eigenvalue weighted by Crippen LogP contribution is 2.35. The average Bonchev–Trinajstić information content (AvgIpc) is 2.45. The Morgan fingerprint density at radius 3 is 2.05 bits per heavy atom. The number of allylic oxidation sites excluding steroid dienone is 1. The molecule has 0 unspecified atom stereocenters. The molecule has 1 rings (SSSR count). The molecule has 0 heterocycles. The minimum absolute atomic E-state index is 0.0226. The highest BCUT2D eigenvalue weighted by atomic mass is 19.4. The third kappa shape index (κ3) is 5.96. The molecule has 0 amide bonds. The van der Waals surface area contributed by atoms with Crippen molar-refractivity contribution in [3.05, 3.63) is 53.9 Å². The smallest absolute Gasteiger partial charge is 0.325 e. The molecule has 0 aromatic heterocycles. The summed E-state index contributed by atoms with van der Waals surface area (Å²) in [6, 6.07) is 4.12. The van der Waals surface area contributed by atoms with E-state index in [1.54, 1.807) is 17.2 Å². The largest absolute Gasteiger partial charge is 0.416 e. The Morgan fingerprint density at radius 1 is 1.14 bits per heavy atom. The number of alkyl halides is 3. The lowest BCUT2D eigenvalue weighted by Crippen LogP contribution is -2.12. The summed E-state index contributed by atoms with van der Waals surface area (Å²) in [7, 11) is 0. The molecule has 0 aliphatic heterocycles. The van der Waals surface area contributed by atoms with E-state index in [2.05, 4.69) is 6.58 Å². The minimum Gasteiger partial charge on any atom is -0.325 e. The first-order chi connectivity index (χ1) is 10.1. The Kier molecular flexibility index (Phi) is 7.99. The number of benzene rings is 1. The van der Waals surface area contributed by atoms with Gasteiger partial charge in [-0.1, -0.05) is 39.8 Å². The summed E-state index contributed by atoms with van der Waals surface area (Å²) in [5.74, 6) is 0.0226. The van der Waals surface area contributed by atoms with Crippen molar-refractivity contribution in [2.75, 3.05) is 4.90 Å². The van der Waals surface area contributed by atoms with Gasteiger partial charge in [-0.2, -0.15) is 13.2 Å². The highest BCUT2D eigenvalue weighted by molar-refractivity contribution is 5.57. The summed E-state index contributed by atoms with van der Waals surface area (Å²) in [4.78, 5) is 1.61. The van der Waals surface area contributed by atoms with Crippen molar-refractivity contribution < 1.29 is 13.2 Å². The van der Waals surface area contributed by atoms with E-state index in [1.165, 1.54) is 12.3 Å². The summed E-state index contributed by atoms with van der Waals surface area (Å²) < 4.78 is 38.9. The second-order valence-electron chi connectivity index (χ2n) is 5.26. The van der Waals surface area contributed by atoms with E-state index >= 15 is 0 Å². The van der Waals surface area contributed by atoms with Crippen LogP contribution in [-0.2, 0) is 6.18 Å². The molecule has 0 aliphatic carbocycles. The lowest BCUT2D eigenvalue weighted by molar-refractivity contribution is -0.137. The second kappa shape index (κ2) is 8.66. The minimum atomic E-state index is -4.35. The van der Waals surface area contributed by atoms with Crippen molar-refractivity contribution >= 4 is 5.69 Å². The molecular formula is C18H26F3N. The molecule has 0 N–H and O–H groups in total. The van der Waals surface area contributed by atoms with Crippen LogP contribution in [0.1, 0.15) is 58.6 Å². The average molecular weight is 313 g/mol. The maximum atomic E-state index is 13.0. The fourth-order valence-electron chi connectivity index (χ4n) is 1.79. The number of hydrogen-bond donors (Lipinski definition) is 0. The van der Waals surface area contributed by atoms with Crippen LogP contribution < -0.4 is 4.90 Å². The molecular weight excluding hydrogens is 287 g/mol. The van der Waals surface area contributed by atoms with Gasteiger partial charge < -0.3 is 4.90 Å². The maximum absolute atomic E-state index is 13.0. The van der Waals surface area contributed by atoms with Crippen LogP contribution in [-0.4, -0.2) is 0 Å². The van der Waals surface area contributed by atoms with Crippen LogP contribution >= 0.6 is 0 Å². The van der Waals surface area contributed by atoms with Gasteiger partial charge in [0.15, 0.2) is 0 Å². The van der Waals surface area contributed by atoms with Gasteiger partial charge in [-0.15, -0.1) is 0 Å². The molecule has 1 aromatic rings. The number of hydrogen-bond acceptors (Lipinski definition) is 1. The Morgan fingerprint density at radius 2 is 1.68 bits per heavy atom. The standard InChI is InChI=1S/C16H20F3N.C2H6/c1-6-20(10-11(2)3)15-8-13(12(4)5)7-14(9-15)16(17,18)19;1-2/h6-10,12H,1H2,2-5H3;1-2H3. The first kappa shape index (κ1) is 20.3. The van der Waals surface area contributed by atoms with Gasteiger partial charge >= 0.3 is 6.18 Å². The molecule has 0 saturated carbocycles. The van der Waals surface area contributed by atoms with E-state index in [0.29, 0.717) is 11.3 Å². The molecule has 0 fully saturated rings. The van der Waals surface area contributed by atoms with Gasteiger partial charge in [-0.3, -0.25) is 0 Å². The molecule has 0 atom stereocenters. The van der Waals surface area contributed by atoms with Crippen LogP contribution in [0.3, 0.4) is 0 Å². The van der Waals surface area contributed by atoms with Crippen LogP contribution in [0.25, 0.3) is 0 Å². The van der Waals surface area contributed by atoms with Crippen molar-refractivity contribution in [3.63, 3.8) is 0 Å². The topological polar surface area (TPSA) is 3.24 Å². The van der Waals surface area contributed by atoms with Crippen LogP contribution in [0.4, 0.5) is 18.9 Å². The lowest BCUT2D eigenvalue weighted by Gasteiger charge is -2.20. The van der Waals surface area contributed by atoms with Crippen molar-refractivity contribution in [2.45, 2.75) is 53.6 Å². The Bertz CT molecular complexity index is 510. The van der Waals surface area contributed by atoms with E-state index in [1.807, 2.05) is 41.5 Å². The van der Waals surface area contributed by atoms with Gasteiger partial charge in [0.25, 0.3) is 0 Å². The van der Waals surface area contributed by atoms with Crippen molar-refractivity contribution in [3.8, 4) is 0 Å². The highest BCUT2D eigenvalue weighted by Gasteiger charge is 2.31. The Labute approximate surface area is 132 Å². The molecule has 0 spiro atoms. The molecule has 124 valence electrons. The molecule has 4 heteroatoms. The van der Waals surface area contributed by atoms with Crippen molar-refractivity contribution in [2.24, 2.45) is 0 Å². The zero-order valence-corrected chi connectivity index (χ0v) is 14.3. The summed E-state index contributed by atoms with van der Waals surface area (Å²) in [6.45, 7) is 15.2. The molecule has 22 heavy (non-hydrogen) atoms. The Balaban J connectivity index is 0.00000211. The molecule has 0 radical (unpaired) electrons. The number of halogens is 3. The van der Waals surface area contributed by atoms with Gasteiger partial charge in [0.1, 0.15) is 0 Å². The number of nitrogens with zero attached hydrogens (tertiary/aromatic N) is 1.